The van der Waals surface area contributed by atoms with E-state index in [9.17, 15) is 4.79 Å². The fourth-order valence-electron chi connectivity index (χ4n) is 1.04. The number of rotatable bonds is 3. The Hall–Kier alpha value is -0.900. The summed E-state index contributed by atoms with van der Waals surface area (Å²) in [6.45, 7) is 3.59. The lowest BCUT2D eigenvalue weighted by Gasteiger charge is -1.93. The maximum absolute atomic E-state index is 10.8. The smallest absolute Gasteiger partial charge is 0.180 e. The molecule has 4 heteroatoms. The van der Waals surface area contributed by atoms with Crippen LogP contribution in [-0.4, -0.2) is 10.8 Å². The summed E-state index contributed by atoms with van der Waals surface area (Å²) in [7, 11) is 0. The molecule has 1 aromatic heterocycles. The number of thiazole rings is 1. The number of aryl methyl sites for hydroxylation is 1. The highest BCUT2D eigenvalue weighted by molar-refractivity contribution is 7.15. The van der Waals surface area contributed by atoms with Crippen LogP contribution >= 0.6 is 11.3 Å². The van der Waals surface area contributed by atoms with Crippen molar-refractivity contribution in [1.82, 2.24) is 4.98 Å². The van der Waals surface area contributed by atoms with Crippen molar-refractivity contribution in [3.8, 4) is 0 Å². The number of hydrogen-bond acceptors (Lipinski definition) is 4. The monoisotopic (exact) mass is 184 g/mol. The minimum absolute atomic E-state index is 0.161. The quantitative estimate of drug-likeness (QED) is 0.773. The summed E-state index contributed by atoms with van der Waals surface area (Å²) in [5, 5.41) is 0.558. The summed E-state index contributed by atoms with van der Waals surface area (Å²) >= 11 is 1.41. The topological polar surface area (TPSA) is 56.0 Å². The molecule has 1 aromatic rings. The highest BCUT2D eigenvalue weighted by atomic mass is 32.1. The van der Waals surface area contributed by atoms with Gasteiger partial charge in [0.15, 0.2) is 5.13 Å². The van der Waals surface area contributed by atoms with Crippen molar-refractivity contribution in [2.45, 2.75) is 26.7 Å². The van der Waals surface area contributed by atoms with Crippen molar-refractivity contribution in [2.75, 3.05) is 5.73 Å². The molecule has 0 spiro atoms. The van der Waals surface area contributed by atoms with Crippen molar-refractivity contribution in [3.05, 3.63) is 10.6 Å². The molecule has 0 atom stereocenters. The number of carbonyl (C=O) groups is 1. The van der Waals surface area contributed by atoms with Crippen LogP contribution in [0.5, 0.6) is 0 Å². The van der Waals surface area contributed by atoms with E-state index in [2.05, 4.69) is 4.98 Å². The Labute approximate surface area is 75.6 Å². The van der Waals surface area contributed by atoms with Crippen molar-refractivity contribution < 1.29 is 4.79 Å². The van der Waals surface area contributed by atoms with Gasteiger partial charge in [0.05, 0.1) is 5.69 Å². The Morgan fingerprint density at radius 1 is 1.67 bits per heavy atom. The molecule has 0 fully saturated rings. The molecule has 0 aliphatic heterocycles. The molecule has 0 aromatic carbocycles. The molecule has 3 nitrogen and oxygen atoms in total. The van der Waals surface area contributed by atoms with Gasteiger partial charge >= 0.3 is 0 Å². The van der Waals surface area contributed by atoms with E-state index >= 15 is 0 Å². The lowest BCUT2D eigenvalue weighted by atomic mass is 10.2. The van der Waals surface area contributed by atoms with E-state index in [4.69, 9.17) is 5.73 Å². The molecular weight excluding hydrogens is 172 g/mol. The molecule has 66 valence electrons. The van der Waals surface area contributed by atoms with E-state index in [0.29, 0.717) is 11.6 Å². The van der Waals surface area contributed by atoms with Gasteiger partial charge in [-0.3, -0.25) is 4.79 Å². The molecule has 0 radical (unpaired) electrons. The van der Waals surface area contributed by atoms with Gasteiger partial charge in [-0.05, 0) is 13.3 Å². The number of nitrogens with two attached hydrogens (primary N) is 1. The summed E-state index contributed by atoms with van der Waals surface area (Å²) in [6, 6.07) is 0. The van der Waals surface area contributed by atoms with E-state index in [1.807, 2.05) is 6.92 Å². The fourth-order valence-corrected chi connectivity index (χ4v) is 2.04. The molecule has 0 saturated carbocycles. The lowest BCUT2D eigenvalue weighted by molar-refractivity contribution is -0.116. The number of aromatic nitrogens is 1. The molecule has 1 rings (SSSR count). The van der Waals surface area contributed by atoms with E-state index in [1.54, 1.807) is 6.92 Å². The van der Waals surface area contributed by atoms with Crippen LogP contribution < -0.4 is 5.73 Å². The molecule has 12 heavy (non-hydrogen) atoms. The van der Waals surface area contributed by atoms with Gasteiger partial charge in [-0.25, -0.2) is 4.98 Å². The number of nitrogen functional groups attached to an aromatic ring is 1. The summed E-state index contributed by atoms with van der Waals surface area (Å²) in [5.74, 6) is 0.161. The average Bonchev–Trinajstić information content (AvgIpc) is 2.29. The van der Waals surface area contributed by atoms with Crippen molar-refractivity contribution in [2.24, 2.45) is 0 Å². The second-order valence-corrected chi connectivity index (χ2v) is 3.77. The maximum atomic E-state index is 10.8. The third-order valence-electron chi connectivity index (χ3n) is 1.54. The van der Waals surface area contributed by atoms with Gasteiger partial charge in [0.25, 0.3) is 0 Å². The Bertz CT molecular complexity index is 293. The van der Waals surface area contributed by atoms with Gasteiger partial charge in [-0.15, -0.1) is 11.3 Å². The normalized spacial score (nSPS) is 10.2. The SMILES string of the molecule is CCc1nc(N)sc1CC(C)=O. The number of ketones is 1. The second-order valence-electron chi connectivity index (χ2n) is 2.65. The van der Waals surface area contributed by atoms with Crippen LogP contribution in [0.3, 0.4) is 0 Å². The molecule has 0 aliphatic rings. The van der Waals surface area contributed by atoms with Gasteiger partial charge in [0.2, 0.25) is 0 Å². The first kappa shape index (κ1) is 9.19. The Morgan fingerprint density at radius 3 is 2.83 bits per heavy atom. The van der Waals surface area contributed by atoms with Crippen LogP contribution in [0.1, 0.15) is 24.4 Å². The Kier molecular flexibility index (Phi) is 2.81. The van der Waals surface area contributed by atoms with Crippen LogP contribution in [0, 0.1) is 0 Å². The van der Waals surface area contributed by atoms with Crippen molar-refractivity contribution >= 4 is 22.3 Å². The van der Waals surface area contributed by atoms with Gasteiger partial charge < -0.3 is 5.73 Å². The highest BCUT2D eigenvalue weighted by Crippen LogP contribution is 2.21. The summed E-state index contributed by atoms with van der Waals surface area (Å²) < 4.78 is 0. The Morgan fingerprint density at radius 2 is 2.33 bits per heavy atom. The van der Waals surface area contributed by atoms with Crippen LogP contribution in [-0.2, 0) is 17.6 Å². The summed E-state index contributed by atoms with van der Waals surface area (Å²) in [6.07, 6.45) is 1.31. The summed E-state index contributed by atoms with van der Waals surface area (Å²) in [4.78, 5) is 16.0. The molecule has 0 aliphatic carbocycles. The first-order valence-electron chi connectivity index (χ1n) is 3.87. The zero-order valence-corrected chi connectivity index (χ0v) is 8.07. The number of Topliss-reactive ketones (excluding diaryl/α,β-unsaturated/α-hetero) is 1. The second kappa shape index (κ2) is 3.67. The maximum Gasteiger partial charge on any atom is 0.180 e. The fraction of sp³-hybridized carbons (Fsp3) is 0.500. The number of carbonyl (C=O) groups excluding carboxylic acids is 1. The van der Waals surface area contributed by atoms with Crippen molar-refractivity contribution in [3.63, 3.8) is 0 Å². The van der Waals surface area contributed by atoms with Crippen LogP contribution in [0.15, 0.2) is 0 Å². The van der Waals surface area contributed by atoms with E-state index in [1.165, 1.54) is 11.3 Å². The molecule has 0 bridgehead atoms. The third kappa shape index (κ3) is 2.04. The average molecular weight is 184 g/mol. The highest BCUT2D eigenvalue weighted by Gasteiger charge is 2.08. The molecule has 0 unspecified atom stereocenters. The van der Waals surface area contributed by atoms with Crippen LogP contribution in [0.25, 0.3) is 0 Å². The van der Waals surface area contributed by atoms with Crippen molar-refractivity contribution in [1.29, 1.82) is 0 Å². The van der Waals surface area contributed by atoms with Gasteiger partial charge in [0.1, 0.15) is 5.78 Å². The number of anilines is 1. The predicted molar refractivity (Wildman–Crippen MR) is 50.3 cm³/mol. The summed E-state index contributed by atoms with van der Waals surface area (Å²) in [5.41, 5.74) is 6.49. The largest absolute Gasteiger partial charge is 0.375 e. The molecular formula is C8H12N2OS. The number of hydrogen-bond donors (Lipinski definition) is 1. The van der Waals surface area contributed by atoms with E-state index < -0.39 is 0 Å². The molecule has 0 amide bonds. The Balaban J connectivity index is 2.89. The minimum Gasteiger partial charge on any atom is -0.375 e. The number of nitrogens with zero attached hydrogens (tertiary/aromatic N) is 1. The predicted octanol–water partition coefficient (Wildman–Crippen LogP) is 1.42. The van der Waals surface area contributed by atoms with Gasteiger partial charge in [-0.1, -0.05) is 6.92 Å². The molecule has 0 saturated heterocycles. The van der Waals surface area contributed by atoms with E-state index in [0.717, 1.165) is 17.0 Å². The standard InChI is InChI=1S/C8H12N2OS/c1-3-6-7(4-5(2)11)12-8(9)10-6/h3-4H2,1-2H3,(H2,9,10). The minimum atomic E-state index is 0.161. The first-order valence-corrected chi connectivity index (χ1v) is 4.68. The third-order valence-corrected chi connectivity index (χ3v) is 2.47. The van der Waals surface area contributed by atoms with Crippen LogP contribution in [0.2, 0.25) is 0 Å². The van der Waals surface area contributed by atoms with E-state index in [-0.39, 0.29) is 5.78 Å². The molecule has 1 heterocycles. The zero-order valence-electron chi connectivity index (χ0n) is 7.26. The van der Waals surface area contributed by atoms with Crippen LogP contribution in [0.4, 0.5) is 5.13 Å². The first-order chi connectivity index (χ1) is 5.63. The lowest BCUT2D eigenvalue weighted by Crippen LogP contribution is -1.97. The molecule has 2 N–H and O–H groups in total. The van der Waals surface area contributed by atoms with Gasteiger partial charge in [-0.2, -0.15) is 0 Å². The zero-order chi connectivity index (χ0) is 9.14. The van der Waals surface area contributed by atoms with Gasteiger partial charge in [0, 0.05) is 11.3 Å².